The fraction of sp³-hybridized carbons (Fsp3) is 0.294. The van der Waals surface area contributed by atoms with Gasteiger partial charge in [-0.15, -0.1) is 0 Å². The first kappa shape index (κ1) is 21.3. The van der Waals surface area contributed by atoms with Crippen molar-refractivity contribution in [2.24, 2.45) is 0 Å². The van der Waals surface area contributed by atoms with Crippen molar-refractivity contribution in [1.82, 2.24) is 0 Å². The number of ether oxygens (including phenoxy) is 2. The van der Waals surface area contributed by atoms with Crippen molar-refractivity contribution in [2.75, 3.05) is 25.0 Å². The monoisotopic (exact) mass is 423 g/mol. The summed E-state index contributed by atoms with van der Waals surface area (Å²) < 4.78 is 76.8. The molecular weight excluding hydrogens is 407 g/mol. The Bertz CT molecular complexity index is 917. The van der Waals surface area contributed by atoms with Crippen LogP contribution in [0.2, 0.25) is 5.02 Å². The Morgan fingerprint density at radius 2 is 1.81 bits per heavy atom. The number of benzene rings is 2. The van der Waals surface area contributed by atoms with E-state index >= 15 is 0 Å². The van der Waals surface area contributed by atoms with Crippen molar-refractivity contribution in [3.63, 3.8) is 0 Å². The molecule has 1 N–H and O–H groups in total. The van der Waals surface area contributed by atoms with Crippen LogP contribution in [0.25, 0.3) is 0 Å². The number of methoxy groups -OCH3 is 1. The normalized spacial score (nSPS) is 12.1. The number of alkyl halides is 3. The minimum atomic E-state index is -4.64. The van der Waals surface area contributed by atoms with E-state index in [4.69, 9.17) is 21.1 Å². The van der Waals surface area contributed by atoms with E-state index in [1.165, 1.54) is 25.3 Å². The van der Waals surface area contributed by atoms with Gasteiger partial charge in [-0.1, -0.05) is 17.7 Å². The summed E-state index contributed by atoms with van der Waals surface area (Å²) in [7, 11) is -2.76. The summed E-state index contributed by atoms with van der Waals surface area (Å²) in [6.07, 6.45) is -4.64. The highest BCUT2D eigenvalue weighted by molar-refractivity contribution is 7.92. The average Bonchev–Trinajstić information content (AvgIpc) is 2.57. The lowest BCUT2D eigenvalue weighted by Gasteiger charge is -2.17. The number of anilines is 1. The second kappa shape index (κ2) is 8.37. The Kier molecular flexibility index (Phi) is 6.61. The predicted octanol–water partition coefficient (Wildman–Crippen LogP) is 4.49. The van der Waals surface area contributed by atoms with Crippen LogP contribution >= 0.6 is 11.6 Å². The Labute approximate surface area is 160 Å². The summed E-state index contributed by atoms with van der Waals surface area (Å²) in [6, 6.07) is 6.78. The zero-order valence-electron chi connectivity index (χ0n) is 14.4. The third-order valence-corrected chi connectivity index (χ3v) is 5.28. The summed E-state index contributed by atoms with van der Waals surface area (Å²) in [4.78, 5) is -0.143. The third kappa shape index (κ3) is 5.50. The maximum absolute atomic E-state index is 13.0. The number of aryl methyl sites for hydroxylation is 1. The zero-order valence-corrected chi connectivity index (χ0v) is 16.0. The standard InChI is InChI=1S/C17H17ClF3NO4S/c1-11-3-5-13(18)10-16(11)27(23,24)22-14-9-12(17(19,20)21)4-6-15(14)26-8-7-25-2/h3-6,9-10,22H,7-8H2,1-2H3. The number of rotatable bonds is 7. The van der Waals surface area contributed by atoms with Crippen molar-refractivity contribution < 1.29 is 31.1 Å². The maximum atomic E-state index is 13.0. The predicted molar refractivity (Wildman–Crippen MR) is 95.8 cm³/mol. The molecule has 0 unspecified atom stereocenters. The Morgan fingerprint density at radius 3 is 2.44 bits per heavy atom. The van der Waals surface area contributed by atoms with E-state index < -0.39 is 21.8 Å². The van der Waals surface area contributed by atoms with Crippen LogP contribution in [0.15, 0.2) is 41.3 Å². The van der Waals surface area contributed by atoms with Gasteiger partial charge in [0.05, 0.1) is 22.8 Å². The van der Waals surface area contributed by atoms with Crippen LogP contribution in [0.4, 0.5) is 18.9 Å². The van der Waals surface area contributed by atoms with Gasteiger partial charge >= 0.3 is 6.18 Å². The lowest BCUT2D eigenvalue weighted by Crippen LogP contribution is -2.17. The van der Waals surface area contributed by atoms with E-state index in [0.29, 0.717) is 11.6 Å². The molecule has 5 nitrogen and oxygen atoms in total. The molecule has 0 aliphatic rings. The van der Waals surface area contributed by atoms with E-state index in [-0.39, 0.29) is 34.6 Å². The molecule has 0 saturated heterocycles. The van der Waals surface area contributed by atoms with Gasteiger partial charge in [0.25, 0.3) is 10.0 Å². The Morgan fingerprint density at radius 1 is 1.11 bits per heavy atom. The first-order chi connectivity index (χ1) is 12.5. The van der Waals surface area contributed by atoms with Gasteiger partial charge < -0.3 is 9.47 Å². The SMILES string of the molecule is COCCOc1ccc(C(F)(F)F)cc1NS(=O)(=O)c1cc(Cl)ccc1C. The van der Waals surface area contributed by atoms with Crippen LogP contribution in [0.1, 0.15) is 11.1 Å². The lowest BCUT2D eigenvalue weighted by atomic mass is 10.2. The van der Waals surface area contributed by atoms with Gasteiger partial charge in [-0.25, -0.2) is 8.42 Å². The maximum Gasteiger partial charge on any atom is 0.416 e. The molecule has 0 fully saturated rings. The molecule has 2 aromatic carbocycles. The molecular formula is C17H17ClF3NO4S. The van der Waals surface area contributed by atoms with Crippen LogP contribution < -0.4 is 9.46 Å². The number of hydrogen-bond acceptors (Lipinski definition) is 4. The number of halogens is 4. The van der Waals surface area contributed by atoms with E-state index in [1.54, 1.807) is 6.92 Å². The number of nitrogens with one attached hydrogen (secondary N) is 1. The van der Waals surface area contributed by atoms with Gasteiger partial charge in [-0.3, -0.25) is 4.72 Å². The Balaban J connectivity index is 2.46. The minimum Gasteiger partial charge on any atom is -0.489 e. The van der Waals surface area contributed by atoms with Crippen molar-refractivity contribution in [3.8, 4) is 5.75 Å². The molecule has 0 radical (unpaired) electrons. The van der Waals surface area contributed by atoms with Crippen LogP contribution in [0.3, 0.4) is 0 Å². The summed E-state index contributed by atoms with van der Waals surface area (Å²) in [5.74, 6) is -0.0525. The molecule has 0 heterocycles. The molecule has 2 aromatic rings. The lowest BCUT2D eigenvalue weighted by molar-refractivity contribution is -0.137. The molecule has 27 heavy (non-hydrogen) atoms. The fourth-order valence-corrected chi connectivity index (χ4v) is 3.78. The van der Waals surface area contributed by atoms with Gasteiger partial charge in [0, 0.05) is 12.1 Å². The Hall–Kier alpha value is -1.97. The molecule has 0 saturated carbocycles. The highest BCUT2D eigenvalue weighted by atomic mass is 35.5. The van der Waals surface area contributed by atoms with E-state index in [2.05, 4.69) is 4.72 Å². The van der Waals surface area contributed by atoms with Crippen molar-refractivity contribution in [3.05, 3.63) is 52.5 Å². The molecule has 0 atom stereocenters. The zero-order chi connectivity index (χ0) is 20.2. The molecule has 0 aliphatic heterocycles. The molecule has 0 aromatic heterocycles. The molecule has 0 amide bonds. The summed E-state index contributed by atoms with van der Waals surface area (Å²) >= 11 is 5.85. The van der Waals surface area contributed by atoms with Crippen molar-refractivity contribution >= 4 is 27.3 Å². The highest BCUT2D eigenvalue weighted by Gasteiger charge is 2.32. The number of sulfonamides is 1. The molecule has 0 aliphatic carbocycles. The van der Waals surface area contributed by atoms with Gasteiger partial charge in [0.1, 0.15) is 12.4 Å². The minimum absolute atomic E-state index is 0.0345. The van der Waals surface area contributed by atoms with Gasteiger partial charge in [-0.2, -0.15) is 13.2 Å². The highest BCUT2D eigenvalue weighted by Crippen LogP contribution is 2.36. The smallest absolute Gasteiger partial charge is 0.416 e. The second-order valence-electron chi connectivity index (χ2n) is 5.57. The third-order valence-electron chi connectivity index (χ3n) is 3.54. The first-order valence-electron chi connectivity index (χ1n) is 7.66. The van der Waals surface area contributed by atoms with Gasteiger partial charge in [0.2, 0.25) is 0 Å². The van der Waals surface area contributed by atoms with Crippen molar-refractivity contribution in [1.29, 1.82) is 0 Å². The summed E-state index contributed by atoms with van der Waals surface area (Å²) in [5, 5.41) is 0.182. The van der Waals surface area contributed by atoms with Crippen LogP contribution in [0.5, 0.6) is 5.75 Å². The van der Waals surface area contributed by atoms with Crippen LogP contribution in [-0.2, 0) is 20.9 Å². The molecule has 148 valence electrons. The molecule has 0 spiro atoms. The van der Waals surface area contributed by atoms with Crippen LogP contribution in [-0.4, -0.2) is 28.7 Å². The topological polar surface area (TPSA) is 64.6 Å². The average molecular weight is 424 g/mol. The van der Waals surface area contributed by atoms with E-state index in [0.717, 1.165) is 12.1 Å². The first-order valence-corrected chi connectivity index (χ1v) is 9.52. The van der Waals surface area contributed by atoms with Gasteiger partial charge in [-0.05, 0) is 42.8 Å². The second-order valence-corrected chi connectivity index (χ2v) is 7.65. The molecule has 2 rings (SSSR count). The fourth-order valence-electron chi connectivity index (χ4n) is 2.21. The molecule has 0 bridgehead atoms. The van der Waals surface area contributed by atoms with E-state index in [1.807, 2.05) is 0 Å². The van der Waals surface area contributed by atoms with E-state index in [9.17, 15) is 21.6 Å². The van der Waals surface area contributed by atoms with Crippen molar-refractivity contribution in [2.45, 2.75) is 18.0 Å². The van der Waals surface area contributed by atoms with Gasteiger partial charge in [0.15, 0.2) is 0 Å². The largest absolute Gasteiger partial charge is 0.489 e. The van der Waals surface area contributed by atoms with Crippen LogP contribution in [0, 0.1) is 6.92 Å². The molecule has 10 heteroatoms. The quantitative estimate of drug-likeness (QED) is 0.666. The summed E-state index contributed by atoms with van der Waals surface area (Å²) in [6.45, 7) is 1.76. The number of hydrogen-bond donors (Lipinski definition) is 1. The summed E-state index contributed by atoms with van der Waals surface area (Å²) in [5.41, 5.74) is -0.955.